The minimum atomic E-state index is -4.10. The van der Waals surface area contributed by atoms with Gasteiger partial charge in [0.1, 0.15) is 10.5 Å². The Bertz CT molecular complexity index is 1070. The lowest BCUT2D eigenvalue weighted by molar-refractivity contribution is -0.123. The fraction of sp³-hybridized carbons (Fsp3) is 0.0556. The van der Waals surface area contributed by atoms with Crippen molar-refractivity contribution in [2.24, 2.45) is 0 Å². The van der Waals surface area contributed by atoms with Gasteiger partial charge in [0.15, 0.2) is 16.6 Å². The molecule has 0 radical (unpaired) electrons. The van der Waals surface area contributed by atoms with Crippen LogP contribution in [0.4, 0.5) is 0 Å². The predicted octanol–water partition coefficient (Wildman–Crippen LogP) is 1.38. The smallest absolute Gasteiger partial charge is 0.339 e. The summed E-state index contributed by atoms with van der Waals surface area (Å²) < 4.78 is 35.3. The molecule has 0 aliphatic carbocycles. The molecule has 0 aromatic heterocycles. The molecule has 2 aromatic carbocycles. The molecule has 3 rings (SSSR count). The van der Waals surface area contributed by atoms with Crippen LogP contribution in [0.1, 0.15) is 5.56 Å². The second-order valence-corrected chi connectivity index (χ2v) is 7.51. The standard InChI is InChI=1S/C18H14N2O6S2/c1-25-14-8-7-11(9-13-16(21)19-18(27)20-17(13)22)10-15(14)26-28(23,24)12-5-3-2-4-6-12/h2-10H,1H3,(H2,19,20,21,22,27). The number of carbonyl (C=O) groups excluding carboxylic acids is 2. The van der Waals surface area contributed by atoms with Gasteiger partial charge in [-0.15, -0.1) is 0 Å². The summed E-state index contributed by atoms with van der Waals surface area (Å²) in [5, 5.41) is 4.55. The van der Waals surface area contributed by atoms with Crippen molar-refractivity contribution in [3.05, 3.63) is 59.7 Å². The van der Waals surface area contributed by atoms with Gasteiger partial charge in [-0.25, -0.2) is 0 Å². The van der Waals surface area contributed by atoms with Crippen LogP contribution in [0.15, 0.2) is 59.0 Å². The maximum absolute atomic E-state index is 12.5. The van der Waals surface area contributed by atoms with Crippen molar-refractivity contribution < 1.29 is 26.9 Å². The van der Waals surface area contributed by atoms with Crippen molar-refractivity contribution >= 4 is 45.3 Å². The first-order valence-corrected chi connectivity index (χ1v) is 9.68. The molecule has 144 valence electrons. The normalized spacial score (nSPS) is 14.2. The van der Waals surface area contributed by atoms with Crippen LogP contribution < -0.4 is 19.6 Å². The summed E-state index contributed by atoms with van der Waals surface area (Å²) in [6, 6.07) is 12.0. The Morgan fingerprint density at radius 3 is 2.21 bits per heavy atom. The van der Waals surface area contributed by atoms with E-state index in [1.54, 1.807) is 24.3 Å². The van der Waals surface area contributed by atoms with Gasteiger partial charge in [0.25, 0.3) is 11.8 Å². The van der Waals surface area contributed by atoms with Gasteiger partial charge in [-0.2, -0.15) is 8.42 Å². The Balaban J connectivity index is 1.97. The van der Waals surface area contributed by atoms with Crippen molar-refractivity contribution in [1.29, 1.82) is 0 Å². The summed E-state index contributed by atoms with van der Waals surface area (Å²) in [5.41, 5.74) is 0.169. The van der Waals surface area contributed by atoms with Crippen LogP contribution >= 0.6 is 12.2 Å². The van der Waals surface area contributed by atoms with E-state index < -0.39 is 21.9 Å². The highest BCUT2D eigenvalue weighted by Gasteiger charge is 2.26. The van der Waals surface area contributed by atoms with Crippen molar-refractivity contribution in [3.63, 3.8) is 0 Å². The number of rotatable bonds is 5. The molecule has 10 heteroatoms. The number of ether oxygens (including phenoxy) is 1. The number of hydrogen-bond donors (Lipinski definition) is 2. The number of thiocarbonyl (C=S) groups is 1. The maximum Gasteiger partial charge on any atom is 0.339 e. The lowest BCUT2D eigenvalue weighted by Crippen LogP contribution is -2.51. The zero-order chi connectivity index (χ0) is 20.3. The first-order valence-electron chi connectivity index (χ1n) is 7.86. The topological polar surface area (TPSA) is 111 Å². The van der Waals surface area contributed by atoms with E-state index in [1.165, 1.54) is 37.5 Å². The SMILES string of the molecule is COc1ccc(C=C2C(=O)NC(=S)NC2=O)cc1OS(=O)(=O)c1ccccc1. The minimum Gasteiger partial charge on any atom is -0.493 e. The molecule has 0 atom stereocenters. The summed E-state index contributed by atoms with van der Waals surface area (Å²) in [7, 11) is -2.74. The largest absolute Gasteiger partial charge is 0.493 e. The van der Waals surface area contributed by atoms with Crippen molar-refractivity contribution in [3.8, 4) is 11.5 Å². The first kappa shape index (κ1) is 19.5. The van der Waals surface area contributed by atoms with E-state index in [9.17, 15) is 18.0 Å². The molecular weight excluding hydrogens is 404 g/mol. The lowest BCUT2D eigenvalue weighted by atomic mass is 10.1. The van der Waals surface area contributed by atoms with Crippen LogP contribution in [0.2, 0.25) is 0 Å². The van der Waals surface area contributed by atoms with E-state index in [0.717, 1.165) is 0 Å². The molecule has 8 nitrogen and oxygen atoms in total. The van der Waals surface area contributed by atoms with Gasteiger partial charge in [0, 0.05) is 0 Å². The summed E-state index contributed by atoms with van der Waals surface area (Å²) in [6.07, 6.45) is 1.29. The number of carbonyl (C=O) groups is 2. The molecule has 2 amide bonds. The fourth-order valence-electron chi connectivity index (χ4n) is 2.37. The Labute approximate surface area is 166 Å². The third kappa shape index (κ3) is 4.18. The molecular formula is C18H14N2O6S2. The molecule has 0 unspecified atom stereocenters. The Morgan fingerprint density at radius 2 is 1.61 bits per heavy atom. The van der Waals surface area contributed by atoms with E-state index in [0.29, 0.717) is 5.56 Å². The van der Waals surface area contributed by atoms with Gasteiger partial charge in [-0.05, 0) is 48.1 Å². The third-order valence-electron chi connectivity index (χ3n) is 3.67. The summed E-state index contributed by atoms with van der Waals surface area (Å²) in [4.78, 5) is 23.9. The number of hydrogen-bond acceptors (Lipinski definition) is 7. The van der Waals surface area contributed by atoms with Gasteiger partial charge in [-0.3, -0.25) is 20.2 Å². The van der Waals surface area contributed by atoms with Crippen molar-refractivity contribution in [2.45, 2.75) is 4.90 Å². The van der Waals surface area contributed by atoms with Crippen LogP contribution in [0.5, 0.6) is 11.5 Å². The monoisotopic (exact) mass is 418 g/mol. The number of nitrogens with one attached hydrogen (secondary N) is 2. The van der Waals surface area contributed by atoms with E-state index in [1.807, 2.05) is 0 Å². The quantitative estimate of drug-likeness (QED) is 0.327. The fourth-order valence-corrected chi connectivity index (χ4v) is 3.51. The highest BCUT2D eigenvalue weighted by atomic mass is 32.2. The van der Waals surface area contributed by atoms with Crippen LogP contribution in [-0.2, 0) is 19.7 Å². The minimum absolute atomic E-state index is 0.0274. The van der Waals surface area contributed by atoms with Crippen LogP contribution in [0.3, 0.4) is 0 Å². The molecule has 0 saturated carbocycles. The van der Waals surface area contributed by atoms with E-state index in [-0.39, 0.29) is 27.1 Å². The molecule has 1 aliphatic rings. The highest BCUT2D eigenvalue weighted by molar-refractivity contribution is 7.87. The van der Waals surface area contributed by atoms with E-state index in [4.69, 9.17) is 21.1 Å². The van der Waals surface area contributed by atoms with Gasteiger partial charge < -0.3 is 8.92 Å². The van der Waals surface area contributed by atoms with Gasteiger partial charge >= 0.3 is 10.1 Å². The Hall–Kier alpha value is -3.24. The average molecular weight is 418 g/mol. The maximum atomic E-state index is 12.5. The number of amides is 2. The van der Waals surface area contributed by atoms with Gasteiger partial charge in [-0.1, -0.05) is 24.3 Å². The Kier molecular flexibility index (Phi) is 5.43. The molecule has 2 aromatic rings. The van der Waals surface area contributed by atoms with E-state index in [2.05, 4.69) is 10.6 Å². The molecule has 1 heterocycles. The zero-order valence-electron chi connectivity index (χ0n) is 14.5. The molecule has 1 fully saturated rings. The molecule has 0 spiro atoms. The van der Waals surface area contributed by atoms with Crippen LogP contribution in [-0.4, -0.2) is 32.5 Å². The second-order valence-electron chi connectivity index (χ2n) is 5.56. The lowest BCUT2D eigenvalue weighted by Gasteiger charge is -2.16. The Morgan fingerprint density at radius 1 is 0.964 bits per heavy atom. The molecule has 1 aliphatic heterocycles. The highest BCUT2D eigenvalue weighted by Crippen LogP contribution is 2.31. The molecule has 2 N–H and O–H groups in total. The zero-order valence-corrected chi connectivity index (χ0v) is 16.1. The molecule has 0 bridgehead atoms. The van der Waals surface area contributed by atoms with Crippen molar-refractivity contribution in [2.75, 3.05) is 7.11 Å². The van der Waals surface area contributed by atoms with Crippen molar-refractivity contribution in [1.82, 2.24) is 10.6 Å². The first-order chi connectivity index (χ1) is 13.3. The van der Waals surface area contributed by atoms with Gasteiger partial charge in [0.2, 0.25) is 0 Å². The summed E-state index contributed by atoms with van der Waals surface area (Å²) >= 11 is 4.74. The summed E-state index contributed by atoms with van der Waals surface area (Å²) in [6.45, 7) is 0. The average Bonchev–Trinajstić information content (AvgIpc) is 2.65. The van der Waals surface area contributed by atoms with Gasteiger partial charge in [0.05, 0.1) is 7.11 Å². The second kappa shape index (κ2) is 7.79. The molecule has 1 saturated heterocycles. The number of methoxy groups -OCH3 is 1. The number of benzene rings is 2. The molecule has 28 heavy (non-hydrogen) atoms. The van der Waals surface area contributed by atoms with Crippen LogP contribution in [0, 0.1) is 0 Å². The van der Waals surface area contributed by atoms with Crippen LogP contribution in [0.25, 0.3) is 6.08 Å². The van der Waals surface area contributed by atoms with E-state index >= 15 is 0 Å². The third-order valence-corrected chi connectivity index (χ3v) is 5.13. The summed E-state index contributed by atoms with van der Waals surface area (Å²) in [5.74, 6) is -1.25. The predicted molar refractivity (Wildman–Crippen MR) is 104 cm³/mol.